The first kappa shape index (κ1) is 12.4. The third-order valence-electron chi connectivity index (χ3n) is 4.46. The van der Waals surface area contributed by atoms with Crippen molar-refractivity contribution in [3.63, 3.8) is 0 Å². The summed E-state index contributed by atoms with van der Waals surface area (Å²) in [4.78, 5) is 0. The van der Waals surface area contributed by atoms with Crippen LogP contribution in [-0.2, 0) is 4.74 Å². The summed E-state index contributed by atoms with van der Waals surface area (Å²) in [5.41, 5.74) is -0.334. The van der Waals surface area contributed by atoms with E-state index in [2.05, 4.69) is 6.92 Å². The second-order valence-corrected chi connectivity index (χ2v) is 5.77. The van der Waals surface area contributed by atoms with Gasteiger partial charge in [-0.25, -0.2) is 0 Å². The molecule has 2 rings (SSSR count). The van der Waals surface area contributed by atoms with Crippen LogP contribution >= 0.6 is 0 Å². The molecule has 16 heavy (non-hydrogen) atoms. The van der Waals surface area contributed by atoms with E-state index in [0.29, 0.717) is 6.10 Å². The van der Waals surface area contributed by atoms with E-state index in [1.807, 2.05) is 0 Å². The van der Waals surface area contributed by atoms with Crippen molar-refractivity contribution in [1.82, 2.24) is 0 Å². The fraction of sp³-hybridized carbons (Fsp3) is 1.00. The molecule has 1 saturated carbocycles. The van der Waals surface area contributed by atoms with Crippen molar-refractivity contribution in [3.8, 4) is 0 Å². The van der Waals surface area contributed by atoms with Crippen LogP contribution in [0.2, 0.25) is 0 Å². The van der Waals surface area contributed by atoms with Crippen LogP contribution in [0.3, 0.4) is 0 Å². The summed E-state index contributed by atoms with van der Waals surface area (Å²) in [6.45, 7) is 3.19. The molecular formula is C14H26O2. The molecule has 0 spiro atoms. The lowest BCUT2D eigenvalue weighted by Gasteiger charge is -2.23. The lowest BCUT2D eigenvalue weighted by atomic mass is 9.92. The molecule has 0 aromatic rings. The molecule has 1 aliphatic heterocycles. The topological polar surface area (TPSA) is 29.5 Å². The van der Waals surface area contributed by atoms with Crippen molar-refractivity contribution in [2.45, 2.75) is 76.4 Å². The van der Waals surface area contributed by atoms with Gasteiger partial charge >= 0.3 is 0 Å². The van der Waals surface area contributed by atoms with Gasteiger partial charge in [0.05, 0.1) is 11.7 Å². The maximum atomic E-state index is 10.4. The first-order valence-electron chi connectivity index (χ1n) is 7.06. The third-order valence-corrected chi connectivity index (χ3v) is 4.46. The van der Waals surface area contributed by atoms with Gasteiger partial charge in [0.15, 0.2) is 0 Å². The van der Waals surface area contributed by atoms with E-state index in [4.69, 9.17) is 4.74 Å². The predicted octanol–water partition coefficient (Wildman–Crippen LogP) is 3.28. The minimum absolute atomic E-state index is 0.334. The molecule has 1 N–H and O–H groups in total. The summed E-state index contributed by atoms with van der Waals surface area (Å²) in [5.74, 6) is 0.771. The molecule has 94 valence electrons. The average molecular weight is 226 g/mol. The molecule has 0 aromatic heterocycles. The normalized spacial score (nSPS) is 39.4. The number of hydrogen-bond donors (Lipinski definition) is 1. The summed E-state index contributed by atoms with van der Waals surface area (Å²) in [7, 11) is 0. The van der Waals surface area contributed by atoms with Crippen LogP contribution < -0.4 is 0 Å². The fourth-order valence-corrected chi connectivity index (χ4v) is 3.32. The van der Waals surface area contributed by atoms with E-state index >= 15 is 0 Å². The van der Waals surface area contributed by atoms with Crippen molar-refractivity contribution >= 4 is 0 Å². The van der Waals surface area contributed by atoms with Gasteiger partial charge in [0.25, 0.3) is 0 Å². The van der Waals surface area contributed by atoms with E-state index in [0.717, 1.165) is 44.6 Å². The summed E-state index contributed by atoms with van der Waals surface area (Å²) >= 11 is 0. The van der Waals surface area contributed by atoms with E-state index in [9.17, 15) is 5.11 Å². The molecule has 1 saturated heterocycles. The van der Waals surface area contributed by atoms with Crippen LogP contribution in [0.25, 0.3) is 0 Å². The average Bonchev–Trinajstić information content (AvgIpc) is 2.88. The largest absolute Gasteiger partial charge is 0.390 e. The van der Waals surface area contributed by atoms with Crippen LogP contribution in [0.4, 0.5) is 0 Å². The highest BCUT2D eigenvalue weighted by Crippen LogP contribution is 2.39. The zero-order chi connectivity index (χ0) is 11.4. The monoisotopic (exact) mass is 226 g/mol. The minimum atomic E-state index is -0.334. The number of hydrogen-bond acceptors (Lipinski definition) is 2. The highest BCUT2D eigenvalue weighted by Gasteiger charge is 2.35. The summed E-state index contributed by atoms with van der Waals surface area (Å²) < 4.78 is 5.61. The van der Waals surface area contributed by atoms with Crippen molar-refractivity contribution < 1.29 is 9.84 Å². The van der Waals surface area contributed by atoms with Crippen LogP contribution in [0.1, 0.15) is 64.7 Å². The first-order chi connectivity index (χ1) is 7.72. The SMILES string of the molecule is CCC1CCC(O)(CCCC2CCCO2)C1. The molecule has 3 atom stereocenters. The Bertz CT molecular complexity index is 211. The van der Waals surface area contributed by atoms with Gasteiger partial charge in [-0.3, -0.25) is 0 Å². The fourth-order valence-electron chi connectivity index (χ4n) is 3.32. The molecular weight excluding hydrogens is 200 g/mol. The van der Waals surface area contributed by atoms with Gasteiger partial charge in [0.2, 0.25) is 0 Å². The van der Waals surface area contributed by atoms with Gasteiger partial charge in [0, 0.05) is 6.61 Å². The molecule has 3 unspecified atom stereocenters. The van der Waals surface area contributed by atoms with Crippen molar-refractivity contribution in [2.24, 2.45) is 5.92 Å². The Hall–Kier alpha value is -0.0800. The summed E-state index contributed by atoms with van der Waals surface area (Å²) in [6, 6.07) is 0. The quantitative estimate of drug-likeness (QED) is 0.779. The maximum absolute atomic E-state index is 10.4. The first-order valence-corrected chi connectivity index (χ1v) is 7.06. The molecule has 2 nitrogen and oxygen atoms in total. The van der Waals surface area contributed by atoms with Crippen LogP contribution in [0, 0.1) is 5.92 Å². The maximum Gasteiger partial charge on any atom is 0.0650 e. The van der Waals surface area contributed by atoms with Gasteiger partial charge < -0.3 is 9.84 Å². The second-order valence-electron chi connectivity index (χ2n) is 5.77. The summed E-state index contributed by atoms with van der Waals surface area (Å²) in [6.07, 6.45) is 10.8. The van der Waals surface area contributed by atoms with Crippen LogP contribution in [0.5, 0.6) is 0 Å². The zero-order valence-electron chi connectivity index (χ0n) is 10.6. The van der Waals surface area contributed by atoms with Crippen molar-refractivity contribution in [3.05, 3.63) is 0 Å². The molecule has 2 fully saturated rings. The Morgan fingerprint density at radius 1 is 1.38 bits per heavy atom. The van der Waals surface area contributed by atoms with E-state index in [1.54, 1.807) is 0 Å². The van der Waals surface area contributed by atoms with Gasteiger partial charge in [-0.05, 0) is 57.3 Å². The van der Waals surface area contributed by atoms with E-state index < -0.39 is 0 Å². The van der Waals surface area contributed by atoms with E-state index in [-0.39, 0.29) is 5.60 Å². The smallest absolute Gasteiger partial charge is 0.0650 e. The molecule has 0 amide bonds. The number of rotatable bonds is 5. The molecule has 1 heterocycles. The van der Waals surface area contributed by atoms with Gasteiger partial charge in [0.1, 0.15) is 0 Å². The Kier molecular flexibility index (Phi) is 4.26. The Labute approximate surface area is 99.4 Å². The number of ether oxygens (including phenoxy) is 1. The number of aliphatic hydroxyl groups is 1. The second kappa shape index (κ2) is 5.50. The van der Waals surface area contributed by atoms with Gasteiger partial charge in [-0.2, -0.15) is 0 Å². The highest BCUT2D eigenvalue weighted by atomic mass is 16.5. The molecule has 0 bridgehead atoms. The van der Waals surface area contributed by atoms with Crippen molar-refractivity contribution in [1.29, 1.82) is 0 Å². The van der Waals surface area contributed by atoms with Gasteiger partial charge in [-0.1, -0.05) is 13.3 Å². The van der Waals surface area contributed by atoms with Crippen molar-refractivity contribution in [2.75, 3.05) is 6.61 Å². The molecule has 0 radical (unpaired) electrons. The molecule has 2 heteroatoms. The third kappa shape index (κ3) is 3.21. The predicted molar refractivity (Wildman–Crippen MR) is 65.4 cm³/mol. The summed E-state index contributed by atoms with van der Waals surface area (Å²) in [5, 5.41) is 10.4. The molecule has 1 aliphatic carbocycles. The molecule has 2 aliphatic rings. The minimum Gasteiger partial charge on any atom is -0.390 e. The molecule has 0 aromatic carbocycles. The Morgan fingerprint density at radius 2 is 2.25 bits per heavy atom. The lowest BCUT2D eigenvalue weighted by Crippen LogP contribution is -2.25. The standard InChI is InChI=1S/C14H26O2/c1-2-12-7-9-14(15,11-12)8-3-5-13-6-4-10-16-13/h12-13,15H,2-11H2,1H3. The van der Waals surface area contributed by atoms with E-state index in [1.165, 1.54) is 25.7 Å². The zero-order valence-corrected chi connectivity index (χ0v) is 10.6. The highest BCUT2D eigenvalue weighted by molar-refractivity contribution is 4.88. The Balaban J connectivity index is 1.65. The Morgan fingerprint density at radius 3 is 2.88 bits per heavy atom. The van der Waals surface area contributed by atoms with Crippen LogP contribution in [-0.4, -0.2) is 23.4 Å². The lowest BCUT2D eigenvalue weighted by molar-refractivity contribution is 0.0259. The van der Waals surface area contributed by atoms with Gasteiger partial charge in [-0.15, -0.1) is 0 Å². The van der Waals surface area contributed by atoms with Crippen LogP contribution in [0.15, 0.2) is 0 Å².